The van der Waals surface area contributed by atoms with E-state index in [1.54, 1.807) is 0 Å². The third-order valence-corrected chi connectivity index (χ3v) is 3.59. The van der Waals surface area contributed by atoms with Crippen molar-refractivity contribution < 1.29 is 0 Å². The minimum atomic E-state index is 0.387. The second-order valence-corrected chi connectivity index (χ2v) is 4.98. The maximum absolute atomic E-state index is 6.13. The van der Waals surface area contributed by atoms with E-state index in [0.29, 0.717) is 12.0 Å². The molecule has 1 fully saturated rings. The molecule has 0 bridgehead atoms. The van der Waals surface area contributed by atoms with Gasteiger partial charge in [-0.25, -0.2) is 0 Å². The summed E-state index contributed by atoms with van der Waals surface area (Å²) in [6.07, 6.45) is 6.17. The minimum absolute atomic E-state index is 0.387. The fourth-order valence-electron chi connectivity index (χ4n) is 2.46. The second kappa shape index (κ2) is 5.00. The molecule has 0 spiro atoms. The summed E-state index contributed by atoms with van der Waals surface area (Å²) in [6.45, 7) is 0. The van der Waals surface area contributed by atoms with Gasteiger partial charge in [0.15, 0.2) is 0 Å². The first-order valence-corrected chi connectivity index (χ1v) is 6.13. The Morgan fingerprint density at radius 3 is 2.80 bits per heavy atom. The van der Waals surface area contributed by atoms with Crippen LogP contribution in [0, 0.1) is 5.92 Å². The predicted octanol–water partition coefficient (Wildman–Crippen LogP) is 3.40. The van der Waals surface area contributed by atoms with Gasteiger partial charge in [0.1, 0.15) is 0 Å². The summed E-state index contributed by atoms with van der Waals surface area (Å²) >= 11 is 5.97. The Hall–Kier alpha value is -0.530. The lowest BCUT2D eigenvalue weighted by atomic mass is 9.81. The molecule has 0 aromatic heterocycles. The van der Waals surface area contributed by atoms with Crippen molar-refractivity contribution in [2.75, 3.05) is 0 Å². The zero-order valence-electron chi connectivity index (χ0n) is 8.95. The van der Waals surface area contributed by atoms with Gasteiger partial charge in [0.05, 0.1) is 0 Å². The largest absolute Gasteiger partial charge is 0.327 e. The molecule has 1 aliphatic carbocycles. The van der Waals surface area contributed by atoms with Gasteiger partial charge in [-0.15, -0.1) is 0 Å². The van der Waals surface area contributed by atoms with Crippen molar-refractivity contribution in [2.24, 2.45) is 11.7 Å². The molecule has 1 saturated carbocycles. The lowest BCUT2D eigenvalue weighted by molar-refractivity contribution is 0.306. The lowest BCUT2D eigenvalue weighted by Gasteiger charge is -2.28. The molecule has 0 amide bonds. The van der Waals surface area contributed by atoms with Crippen LogP contribution in [0.5, 0.6) is 0 Å². The van der Waals surface area contributed by atoms with Crippen molar-refractivity contribution in [3.8, 4) is 0 Å². The van der Waals surface area contributed by atoms with Gasteiger partial charge in [0.25, 0.3) is 0 Å². The third-order valence-electron chi connectivity index (χ3n) is 3.35. The molecule has 2 atom stereocenters. The number of hydrogen-bond acceptors (Lipinski definition) is 1. The zero-order valence-corrected chi connectivity index (χ0v) is 9.71. The van der Waals surface area contributed by atoms with E-state index < -0.39 is 0 Å². The van der Waals surface area contributed by atoms with E-state index in [1.807, 2.05) is 12.1 Å². The van der Waals surface area contributed by atoms with Crippen molar-refractivity contribution in [2.45, 2.75) is 38.1 Å². The van der Waals surface area contributed by atoms with Gasteiger partial charge in [-0.1, -0.05) is 36.6 Å². The third kappa shape index (κ3) is 2.96. The summed E-state index contributed by atoms with van der Waals surface area (Å²) in [4.78, 5) is 0. The summed E-state index contributed by atoms with van der Waals surface area (Å²) in [7, 11) is 0. The molecule has 82 valence electrons. The summed E-state index contributed by atoms with van der Waals surface area (Å²) in [6, 6.07) is 8.53. The number of rotatable bonds is 2. The Balaban J connectivity index is 2.01. The minimum Gasteiger partial charge on any atom is -0.327 e. The molecule has 1 aromatic carbocycles. The smallest absolute Gasteiger partial charge is 0.0408 e. The molecule has 2 heteroatoms. The van der Waals surface area contributed by atoms with E-state index in [9.17, 15) is 0 Å². The summed E-state index contributed by atoms with van der Waals surface area (Å²) < 4.78 is 0. The first-order chi connectivity index (χ1) is 7.25. The topological polar surface area (TPSA) is 26.0 Å². The van der Waals surface area contributed by atoms with E-state index in [2.05, 4.69) is 12.1 Å². The lowest BCUT2D eigenvalue weighted by Crippen LogP contribution is -2.34. The van der Waals surface area contributed by atoms with E-state index in [1.165, 1.54) is 31.2 Å². The van der Waals surface area contributed by atoms with E-state index >= 15 is 0 Å². The molecule has 0 radical (unpaired) electrons. The fourth-order valence-corrected chi connectivity index (χ4v) is 2.67. The highest BCUT2D eigenvalue weighted by Crippen LogP contribution is 2.26. The molecule has 0 heterocycles. The Morgan fingerprint density at radius 1 is 1.27 bits per heavy atom. The van der Waals surface area contributed by atoms with Crippen LogP contribution in [0.2, 0.25) is 5.02 Å². The van der Waals surface area contributed by atoms with E-state index in [-0.39, 0.29) is 0 Å². The van der Waals surface area contributed by atoms with Crippen LogP contribution in [-0.2, 0) is 6.42 Å². The number of nitrogens with two attached hydrogens (primary N) is 1. The van der Waals surface area contributed by atoms with Crippen LogP contribution < -0.4 is 5.73 Å². The Bertz CT molecular complexity index is 324. The Kier molecular flexibility index (Phi) is 3.66. The maximum Gasteiger partial charge on any atom is 0.0408 e. The summed E-state index contributed by atoms with van der Waals surface area (Å²) in [5.41, 5.74) is 7.46. The number of hydrogen-bond donors (Lipinski definition) is 1. The van der Waals surface area contributed by atoms with Crippen molar-refractivity contribution >= 4 is 11.6 Å². The standard InChI is InChI=1S/C13H18ClN/c14-12-6-3-4-10(9-12)8-11-5-1-2-7-13(11)15/h3-4,6,9,11,13H,1-2,5,7-8,15H2. The number of benzene rings is 1. The van der Waals surface area contributed by atoms with Gasteiger partial charge in [0, 0.05) is 11.1 Å². The monoisotopic (exact) mass is 223 g/mol. The quantitative estimate of drug-likeness (QED) is 0.817. The maximum atomic E-state index is 6.13. The van der Waals surface area contributed by atoms with Crippen LogP contribution in [0.4, 0.5) is 0 Å². The molecular formula is C13H18ClN. The molecule has 1 aliphatic rings. The molecule has 2 rings (SSSR count). The summed E-state index contributed by atoms with van der Waals surface area (Å²) in [5.74, 6) is 0.650. The average Bonchev–Trinajstić information content (AvgIpc) is 2.22. The molecule has 15 heavy (non-hydrogen) atoms. The van der Waals surface area contributed by atoms with Gasteiger partial charge < -0.3 is 5.73 Å². The molecule has 2 unspecified atom stereocenters. The van der Waals surface area contributed by atoms with Crippen LogP contribution in [0.25, 0.3) is 0 Å². The van der Waals surface area contributed by atoms with Crippen LogP contribution in [0.3, 0.4) is 0 Å². The van der Waals surface area contributed by atoms with Crippen molar-refractivity contribution in [3.05, 3.63) is 34.9 Å². The van der Waals surface area contributed by atoms with Gasteiger partial charge in [-0.2, -0.15) is 0 Å². The Morgan fingerprint density at radius 2 is 2.07 bits per heavy atom. The molecule has 0 aliphatic heterocycles. The number of halogens is 1. The van der Waals surface area contributed by atoms with E-state index in [0.717, 1.165) is 11.4 Å². The van der Waals surface area contributed by atoms with Gasteiger partial charge in [0.2, 0.25) is 0 Å². The van der Waals surface area contributed by atoms with E-state index in [4.69, 9.17) is 17.3 Å². The van der Waals surface area contributed by atoms with Crippen LogP contribution in [0.15, 0.2) is 24.3 Å². The highest BCUT2D eigenvalue weighted by Gasteiger charge is 2.21. The van der Waals surface area contributed by atoms with Crippen molar-refractivity contribution in [3.63, 3.8) is 0 Å². The van der Waals surface area contributed by atoms with Gasteiger partial charge >= 0.3 is 0 Å². The normalized spacial score (nSPS) is 26.5. The molecule has 1 nitrogen and oxygen atoms in total. The van der Waals surface area contributed by atoms with Gasteiger partial charge in [-0.05, 0) is 42.9 Å². The summed E-state index contributed by atoms with van der Waals surface area (Å²) in [5, 5.41) is 0.830. The first-order valence-electron chi connectivity index (χ1n) is 5.76. The highest BCUT2D eigenvalue weighted by atomic mass is 35.5. The average molecular weight is 224 g/mol. The van der Waals surface area contributed by atoms with Crippen molar-refractivity contribution in [1.82, 2.24) is 0 Å². The molecule has 1 aromatic rings. The van der Waals surface area contributed by atoms with Crippen LogP contribution in [-0.4, -0.2) is 6.04 Å². The molecule has 2 N–H and O–H groups in total. The van der Waals surface area contributed by atoms with Crippen molar-refractivity contribution in [1.29, 1.82) is 0 Å². The first kappa shape index (κ1) is 11.0. The second-order valence-electron chi connectivity index (χ2n) is 4.54. The van der Waals surface area contributed by atoms with Crippen LogP contribution in [0.1, 0.15) is 31.2 Å². The zero-order chi connectivity index (χ0) is 10.7. The highest BCUT2D eigenvalue weighted by molar-refractivity contribution is 6.30. The molecule has 0 saturated heterocycles. The molecular weight excluding hydrogens is 206 g/mol. The Labute approximate surface area is 96.6 Å². The SMILES string of the molecule is NC1CCCCC1Cc1cccc(Cl)c1. The predicted molar refractivity (Wildman–Crippen MR) is 65.1 cm³/mol. The van der Waals surface area contributed by atoms with Crippen LogP contribution >= 0.6 is 11.6 Å². The van der Waals surface area contributed by atoms with Gasteiger partial charge in [-0.3, -0.25) is 0 Å². The fraction of sp³-hybridized carbons (Fsp3) is 0.538.